The van der Waals surface area contributed by atoms with Crippen LogP contribution in [0.3, 0.4) is 0 Å². The van der Waals surface area contributed by atoms with Gasteiger partial charge in [0.05, 0.1) is 5.69 Å². The number of carbonyl (C=O) groups excluding carboxylic acids is 1. The minimum absolute atomic E-state index is 0. The van der Waals surface area contributed by atoms with Crippen molar-refractivity contribution in [2.24, 2.45) is 5.41 Å². The monoisotopic (exact) mass is 375 g/mol. The molecule has 1 spiro atoms. The minimum Gasteiger partial charge on any atom is -0.339 e. The smallest absolute Gasteiger partial charge is 0.253 e. The average Bonchev–Trinajstić information content (AvgIpc) is 3.17. The molecule has 0 saturated carbocycles. The van der Waals surface area contributed by atoms with Crippen molar-refractivity contribution in [3.05, 3.63) is 42.0 Å². The highest BCUT2D eigenvalue weighted by molar-refractivity contribution is 5.94. The average molecular weight is 376 g/mol. The van der Waals surface area contributed by atoms with Gasteiger partial charge in [-0.2, -0.15) is 5.10 Å². The summed E-state index contributed by atoms with van der Waals surface area (Å²) in [5.41, 5.74) is 3.22. The maximum atomic E-state index is 12.9. The topological polar surface area (TPSA) is 63.1 Å². The number of nitrogens with zero attached hydrogens (tertiary/aromatic N) is 4. The fourth-order valence-corrected chi connectivity index (χ4v) is 4.20. The molecule has 0 radical (unpaired) electrons. The summed E-state index contributed by atoms with van der Waals surface area (Å²) in [4.78, 5) is 18.9. The van der Waals surface area contributed by atoms with Crippen molar-refractivity contribution >= 4 is 18.3 Å². The third-order valence-corrected chi connectivity index (χ3v) is 5.88. The molecule has 1 N–H and O–H groups in total. The Balaban J connectivity index is 0.00000196. The lowest BCUT2D eigenvalue weighted by atomic mass is 9.71. The molecule has 1 aromatic heterocycles. The van der Waals surface area contributed by atoms with E-state index >= 15 is 0 Å². The summed E-state index contributed by atoms with van der Waals surface area (Å²) < 4.78 is 1.73. The molecule has 0 atom stereocenters. The highest BCUT2D eigenvalue weighted by Crippen LogP contribution is 2.39. The van der Waals surface area contributed by atoms with E-state index in [1.807, 2.05) is 30.0 Å². The zero-order valence-corrected chi connectivity index (χ0v) is 16.0. The summed E-state index contributed by atoms with van der Waals surface area (Å²) in [5, 5.41) is 7.61. The molecule has 1 aromatic carbocycles. The quantitative estimate of drug-likeness (QED) is 0.876. The molecule has 1 amide bonds. The first-order chi connectivity index (χ1) is 12.2. The van der Waals surface area contributed by atoms with Crippen molar-refractivity contribution in [3.8, 4) is 5.69 Å². The molecule has 0 bridgehead atoms. The fraction of sp³-hybridized carbons (Fsp3) is 0.526. The number of benzene rings is 1. The molecular weight excluding hydrogens is 350 g/mol. The number of hydrogen-bond donors (Lipinski definition) is 1. The third-order valence-electron chi connectivity index (χ3n) is 5.88. The van der Waals surface area contributed by atoms with Crippen LogP contribution in [0.4, 0.5) is 0 Å². The van der Waals surface area contributed by atoms with E-state index in [1.54, 1.807) is 11.0 Å². The maximum Gasteiger partial charge on any atom is 0.253 e. The van der Waals surface area contributed by atoms with Gasteiger partial charge in [0.25, 0.3) is 5.91 Å². The number of hydrogen-bond acceptors (Lipinski definition) is 4. The van der Waals surface area contributed by atoms with Gasteiger partial charge in [-0.1, -0.05) is 0 Å². The van der Waals surface area contributed by atoms with Crippen molar-refractivity contribution in [3.63, 3.8) is 0 Å². The van der Waals surface area contributed by atoms with Gasteiger partial charge in [-0.3, -0.25) is 4.79 Å². The Morgan fingerprint density at radius 2 is 1.88 bits per heavy atom. The second-order valence-electron chi connectivity index (χ2n) is 7.38. The lowest BCUT2D eigenvalue weighted by molar-refractivity contribution is 0.0495. The predicted molar refractivity (Wildman–Crippen MR) is 103 cm³/mol. The largest absolute Gasteiger partial charge is 0.339 e. The Bertz CT molecular complexity index is 745. The number of amides is 1. The van der Waals surface area contributed by atoms with Gasteiger partial charge < -0.3 is 10.2 Å². The summed E-state index contributed by atoms with van der Waals surface area (Å²) >= 11 is 0. The summed E-state index contributed by atoms with van der Waals surface area (Å²) in [6, 6.07) is 5.82. The second-order valence-corrected chi connectivity index (χ2v) is 7.38. The first-order valence-electron chi connectivity index (χ1n) is 9.13. The molecule has 2 saturated heterocycles. The molecule has 140 valence electrons. The Hall–Kier alpha value is -1.92. The van der Waals surface area contributed by atoms with Crippen molar-refractivity contribution in [2.45, 2.75) is 32.6 Å². The van der Waals surface area contributed by atoms with E-state index in [4.69, 9.17) is 0 Å². The van der Waals surface area contributed by atoms with Crippen LogP contribution in [0.2, 0.25) is 0 Å². The van der Waals surface area contributed by atoms with Gasteiger partial charge in [0.15, 0.2) is 0 Å². The van der Waals surface area contributed by atoms with Crippen LogP contribution in [0, 0.1) is 12.3 Å². The minimum atomic E-state index is 0. The number of likely N-dealkylation sites (tertiary alicyclic amines) is 1. The second kappa shape index (κ2) is 7.76. The predicted octanol–water partition coefficient (Wildman–Crippen LogP) is 2.60. The van der Waals surface area contributed by atoms with Gasteiger partial charge in [-0.25, -0.2) is 9.67 Å². The highest BCUT2D eigenvalue weighted by atomic mass is 35.5. The SMILES string of the molecule is Cc1cc(C(=O)N2CCC3(CCNCC3)CC2)ccc1-n1cncn1.Cl. The van der Waals surface area contributed by atoms with Gasteiger partial charge in [-0.05, 0) is 74.9 Å². The number of piperidine rings is 2. The van der Waals surface area contributed by atoms with E-state index in [1.165, 1.54) is 19.2 Å². The number of halogens is 1. The van der Waals surface area contributed by atoms with Crippen molar-refractivity contribution in [1.29, 1.82) is 0 Å². The summed E-state index contributed by atoms with van der Waals surface area (Å²) in [6.07, 6.45) is 7.96. The maximum absolute atomic E-state index is 12.9. The highest BCUT2D eigenvalue weighted by Gasteiger charge is 2.36. The molecule has 4 rings (SSSR count). The lowest BCUT2D eigenvalue weighted by Crippen LogP contribution is -2.47. The van der Waals surface area contributed by atoms with E-state index in [-0.39, 0.29) is 18.3 Å². The Labute approximate surface area is 160 Å². The fourth-order valence-electron chi connectivity index (χ4n) is 4.20. The number of carbonyl (C=O) groups is 1. The summed E-state index contributed by atoms with van der Waals surface area (Å²) in [7, 11) is 0. The van der Waals surface area contributed by atoms with Gasteiger partial charge in [0, 0.05) is 18.7 Å². The van der Waals surface area contributed by atoms with Gasteiger partial charge in [0.1, 0.15) is 12.7 Å². The third kappa shape index (κ3) is 3.62. The van der Waals surface area contributed by atoms with Crippen LogP contribution >= 0.6 is 12.4 Å². The summed E-state index contributed by atoms with van der Waals surface area (Å²) in [6.45, 7) is 6.01. The number of aryl methyl sites for hydroxylation is 1. The zero-order valence-electron chi connectivity index (χ0n) is 15.1. The number of aromatic nitrogens is 3. The molecule has 2 aliphatic rings. The first kappa shape index (κ1) is 18.9. The molecule has 7 heteroatoms. The van der Waals surface area contributed by atoms with Crippen LogP contribution in [0.25, 0.3) is 5.69 Å². The van der Waals surface area contributed by atoms with Gasteiger partial charge in [-0.15, -0.1) is 12.4 Å². The van der Waals surface area contributed by atoms with Gasteiger partial charge >= 0.3 is 0 Å². The van der Waals surface area contributed by atoms with E-state index in [2.05, 4.69) is 15.4 Å². The van der Waals surface area contributed by atoms with E-state index in [0.717, 1.165) is 55.8 Å². The zero-order chi connectivity index (χ0) is 17.3. The Morgan fingerprint density at radius 1 is 1.15 bits per heavy atom. The van der Waals surface area contributed by atoms with Crippen molar-refractivity contribution < 1.29 is 4.79 Å². The van der Waals surface area contributed by atoms with Crippen LogP contribution in [-0.2, 0) is 0 Å². The van der Waals surface area contributed by atoms with Crippen LogP contribution in [0.5, 0.6) is 0 Å². The lowest BCUT2D eigenvalue weighted by Gasteiger charge is -2.44. The Kier molecular flexibility index (Phi) is 5.63. The molecular formula is C19H26ClN5O. The van der Waals surface area contributed by atoms with Crippen molar-refractivity contribution in [1.82, 2.24) is 25.0 Å². The van der Waals surface area contributed by atoms with Crippen LogP contribution in [0.1, 0.15) is 41.6 Å². The molecule has 2 aliphatic heterocycles. The molecule has 0 aliphatic carbocycles. The molecule has 3 heterocycles. The standard InChI is InChI=1S/C19H25N5O.ClH/c1-15-12-16(2-3-17(15)24-14-21-13-22-24)18(25)23-10-6-19(7-11-23)4-8-20-9-5-19;/h2-3,12-14,20H,4-11H2,1H3;1H. The summed E-state index contributed by atoms with van der Waals surface area (Å²) in [5.74, 6) is 0.150. The molecule has 26 heavy (non-hydrogen) atoms. The van der Waals surface area contributed by atoms with Crippen LogP contribution < -0.4 is 5.32 Å². The number of nitrogens with one attached hydrogen (secondary N) is 1. The van der Waals surface area contributed by atoms with E-state index in [0.29, 0.717) is 5.41 Å². The van der Waals surface area contributed by atoms with Crippen molar-refractivity contribution in [2.75, 3.05) is 26.2 Å². The Morgan fingerprint density at radius 3 is 2.50 bits per heavy atom. The van der Waals surface area contributed by atoms with Gasteiger partial charge in [0.2, 0.25) is 0 Å². The van der Waals surface area contributed by atoms with Crippen LogP contribution in [0.15, 0.2) is 30.9 Å². The normalized spacial score (nSPS) is 19.2. The van der Waals surface area contributed by atoms with Crippen LogP contribution in [-0.4, -0.2) is 51.8 Å². The molecule has 2 fully saturated rings. The first-order valence-corrected chi connectivity index (χ1v) is 9.13. The number of rotatable bonds is 2. The van der Waals surface area contributed by atoms with E-state index in [9.17, 15) is 4.79 Å². The molecule has 0 unspecified atom stereocenters. The molecule has 2 aromatic rings. The molecule has 6 nitrogen and oxygen atoms in total. The van der Waals surface area contributed by atoms with E-state index < -0.39 is 0 Å².